The molecule has 21 heavy (non-hydrogen) atoms. The van der Waals surface area contributed by atoms with Gasteiger partial charge in [0.25, 0.3) is 0 Å². The minimum absolute atomic E-state index is 2.48. The van der Waals surface area contributed by atoms with Crippen molar-refractivity contribution in [3.8, 4) is 0 Å². The highest BCUT2D eigenvalue weighted by atomic mass is 19.4. The van der Waals surface area contributed by atoms with Crippen LogP contribution in [0.5, 0.6) is 0 Å². The molecule has 120 valence electrons. The molecule has 12 heteroatoms. The van der Waals surface area contributed by atoms with Crippen LogP contribution in [0.1, 0.15) is 5.56 Å². The Morgan fingerprint density at radius 3 is 1.24 bits per heavy atom. The second-order valence-corrected chi connectivity index (χ2v) is 3.70. The second-order valence-electron chi connectivity index (χ2n) is 3.70. The largest absolute Gasteiger partial charge is 0.436 e. The van der Waals surface area contributed by atoms with Gasteiger partial charge in [0.15, 0.2) is 23.3 Å². The van der Waals surface area contributed by atoms with Gasteiger partial charge in [-0.1, -0.05) is 0 Å². The molecular weight excluding hydrogens is 331 g/mol. The molecule has 0 unspecified atom stereocenters. The number of hydrogen-bond donors (Lipinski definition) is 1. The van der Waals surface area contributed by atoms with Gasteiger partial charge in [-0.3, -0.25) is 0 Å². The first-order chi connectivity index (χ1) is 9.18. The summed E-state index contributed by atoms with van der Waals surface area (Å²) in [6.07, 6.45) is -13.7. The summed E-state index contributed by atoms with van der Waals surface area (Å²) >= 11 is 0. The Bertz CT molecular complexity index is 528. The topological polar surface area (TPSA) is 26.0 Å². The van der Waals surface area contributed by atoms with E-state index in [2.05, 4.69) is 5.73 Å². The van der Waals surface area contributed by atoms with Crippen molar-refractivity contribution in [2.75, 3.05) is 5.73 Å². The zero-order chi connectivity index (χ0) is 17.0. The van der Waals surface area contributed by atoms with E-state index in [4.69, 9.17) is 0 Å². The summed E-state index contributed by atoms with van der Waals surface area (Å²) < 4.78 is 139. The van der Waals surface area contributed by atoms with Gasteiger partial charge in [-0.25, -0.2) is 22.0 Å². The van der Waals surface area contributed by atoms with Crippen molar-refractivity contribution in [3.63, 3.8) is 0 Å². The number of nitrogen functional groups attached to an aromatic ring is 1. The molecule has 0 aliphatic rings. The van der Waals surface area contributed by atoms with Crippen molar-refractivity contribution in [3.05, 3.63) is 28.8 Å². The zero-order valence-corrected chi connectivity index (χ0v) is 9.23. The fraction of sp³-hybridized carbons (Fsp3) is 0.333. The summed E-state index contributed by atoms with van der Waals surface area (Å²) in [7, 11) is 0. The molecule has 0 aliphatic heterocycles. The minimum atomic E-state index is -6.86. The molecule has 0 aromatic heterocycles. The second kappa shape index (κ2) is 4.63. The van der Waals surface area contributed by atoms with E-state index >= 15 is 0 Å². The average molecular weight is 333 g/mol. The summed E-state index contributed by atoms with van der Waals surface area (Å²) in [4.78, 5) is 0. The van der Waals surface area contributed by atoms with Crippen LogP contribution < -0.4 is 5.73 Å². The molecule has 1 aromatic carbocycles. The molecule has 0 saturated carbocycles. The third kappa shape index (κ3) is 2.25. The van der Waals surface area contributed by atoms with Crippen LogP contribution in [-0.2, 0) is 5.67 Å². The first-order valence-corrected chi connectivity index (χ1v) is 4.62. The van der Waals surface area contributed by atoms with Crippen LogP contribution in [-0.4, -0.2) is 12.4 Å². The summed E-state index contributed by atoms with van der Waals surface area (Å²) in [6, 6.07) is 0. The minimum Gasteiger partial charge on any atom is -0.396 e. The van der Waals surface area contributed by atoms with Gasteiger partial charge in [0.05, 0.1) is 11.3 Å². The molecular formula is C9H2F11N. The van der Waals surface area contributed by atoms with Crippen LogP contribution in [0.4, 0.5) is 54.0 Å². The van der Waals surface area contributed by atoms with E-state index in [1.807, 2.05) is 0 Å². The molecule has 2 N–H and O–H groups in total. The zero-order valence-electron chi connectivity index (χ0n) is 9.23. The van der Waals surface area contributed by atoms with E-state index in [-0.39, 0.29) is 0 Å². The van der Waals surface area contributed by atoms with E-state index in [0.29, 0.717) is 0 Å². The highest BCUT2D eigenvalue weighted by molar-refractivity contribution is 5.54. The Balaban J connectivity index is 3.96. The van der Waals surface area contributed by atoms with Gasteiger partial charge < -0.3 is 5.73 Å². The predicted molar refractivity (Wildman–Crippen MR) is 45.6 cm³/mol. The molecule has 1 rings (SSSR count). The first kappa shape index (κ1) is 17.3. The van der Waals surface area contributed by atoms with E-state index in [0.717, 1.165) is 0 Å². The number of hydrogen-bond acceptors (Lipinski definition) is 1. The fourth-order valence-electron chi connectivity index (χ4n) is 1.43. The number of alkyl halides is 7. The van der Waals surface area contributed by atoms with E-state index < -0.39 is 52.5 Å². The normalized spacial score (nSPS) is 13.7. The van der Waals surface area contributed by atoms with Gasteiger partial charge in [-0.05, 0) is 0 Å². The average Bonchev–Trinajstić information content (AvgIpc) is 2.31. The lowest BCUT2D eigenvalue weighted by Crippen LogP contribution is -2.51. The summed E-state index contributed by atoms with van der Waals surface area (Å²) in [6.45, 7) is 0. The summed E-state index contributed by atoms with van der Waals surface area (Å²) in [5.41, 5.74) is -7.86. The summed E-state index contributed by atoms with van der Waals surface area (Å²) in [5.74, 6) is -11.9. The van der Waals surface area contributed by atoms with Crippen molar-refractivity contribution in [2.45, 2.75) is 18.0 Å². The number of nitrogens with two attached hydrogens (primary N) is 1. The monoisotopic (exact) mass is 333 g/mol. The molecule has 0 atom stereocenters. The lowest BCUT2D eigenvalue weighted by molar-refractivity contribution is -0.349. The lowest BCUT2D eigenvalue weighted by atomic mass is 9.91. The smallest absolute Gasteiger partial charge is 0.396 e. The molecule has 0 spiro atoms. The third-order valence-electron chi connectivity index (χ3n) is 2.43. The first-order valence-electron chi connectivity index (χ1n) is 4.62. The van der Waals surface area contributed by atoms with Crippen molar-refractivity contribution in [1.82, 2.24) is 0 Å². The highest BCUT2D eigenvalue weighted by Crippen LogP contribution is 2.55. The maximum Gasteiger partial charge on any atom is 0.436 e. The Morgan fingerprint density at radius 1 is 0.571 bits per heavy atom. The quantitative estimate of drug-likeness (QED) is 0.356. The predicted octanol–water partition coefficient (Wildman–Crippen LogP) is 4.11. The molecule has 0 saturated heterocycles. The van der Waals surface area contributed by atoms with Gasteiger partial charge >= 0.3 is 18.0 Å². The van der Waals surface area contributed by atoms with E-state index in [9.17, 15) is 48.3 Å². The van der Waals surface area contributed by atoms with E-state index in [1.165, 1.54) is 0 Å². The van der Waals surface area contributed by atoms with Gasteiger partial charge in [0, 0.05) is 0 Å². The van der Waals surface area contributed by atoms with Crippen LogP contribution in [0, 0.1) is 23.3 Å². The maximum atomic E-state index is 13.5. The Kier molecular flexibility index (Phi) is 3.81. The van der Waals surface area contributed by atoms with Gasteiger partial charge in [-0.2, -0.15) is 26.3 Å². The Labute approximate surface area is 108 Å². The molecule has 0 heterocycles. The van der Waals surface area contributed by atoms with Crippen LogP contribution in [0.15, 0.2) is 0 Å². The third-order valence-corrected chi connectivity index (χ3v) is 2.43. The van der Waals surface area contributed by atoms with Crippen LogP contribution in [0.3, 0.4) is 0 Å². The van der Waals surface area contributed by atoms with Crippen molar-refractivity contribution < 1.29 is 48.3 Å². The standard InChI is InChI=1S/C9H2F11N/c10-2-1(6(21)5(13)4(12)3(2)11)7(14,8(15,16)17)9(18,19)20/h21H2. The number of halogens is 11. The van der Waals surface area contributed by atoms with Crippen molar-refractivity contribution in [2.24, 2.45) is 0 Å². The lowest BCUT2D eigenvalue weighted by Gasteiger charge is -2.31. The summed E-state index contributed by atoms with van der Waals surface area (Å²) in [5, 5.41) is 0. The van der Waals surface area contributed by atoms with Crippen LogP contribution >= 0.6 is 0 Å². The fourth-order valence-corrected chi connectivity index (χ4v) is 1.43. The molecule has 0 amide bonds. The van der Waals surface area contributed by atoms with Crippen molar-refractivity contribution in [1.29, 1.82) is 0 Å². The van der Waals surface area contributed by atoms with Crippen LogP contribution in [0.25, 0.3) is 0 Å². The molecule has 1 aromatic rings. The van der Waals surface area contributed by atoms with Crippen LogP contribution in [0.2, 0.25) is 0 Å². The maximum absolute atomic E-state index is 13.5. The SMILES string of the molecule is Nc1c(F)c(F)c(F)c(F)c1C(F)(C(F)(F)F)C(F)(F)F. The van der Waals surface area contributed by atoms with Gasteiger partial charge in [0.2, 0.25) is 0 Å². The molecule has 1 nitrogen and oxygen atoms in total. The Hall–Kier alpha value is -1.75. The van der Waals surface area contributed by atoms with Gasteiger partial charge in [-0.15, -0.1) is 0 Å². The molecule has 0 bridgehead atoms. The molecule has 0 radical (unpaired) electrons. The molecule has 0 fully saturated rings. The Morgan fingerprint density at radius 2 is 0.905 bits per heavy atom. The van der Waals surface area contributed by atoms with Crippen molar-refractivity contribution >= 4 is 5.69 Å². The number of anilines is 1. The number of benzene rings is 1. The number of rotatable bonds is 1. The molecule has 0 aliphatic carbocycles. The highest BCUT2D eigenvalue weighted by Gasteiger charge is 2.75. The van der Waals surface area contributed by atoms with Gasteiger partial charge in [0.1, 0.15) is 0 Å². The van der Waals surface area contributed by atoms with E-state index in [1.54, 1.807) is 0 Å².